The highest BCUT2D eigenvalue weighted by Crippen LogP contribution is 2.14. The average Bonchev–Trinajstić information content (AvgIpc) is 3.12. The number of quaternary nitrogens is 1. The largest absolute Gasteiger partial charge is 0.544 e. The standard InChI is InChI=1S/C46H83NO7/c1-6-8-10-12-14-16-18-20-22-24-26-28-30-32-34-36-44(48)53-41-42(40-52-39-38-43(46(50)51)47(3,4)5)54-45(49)37-35-33-31-29-27-25-23-21-19-17-15-13-11-9-7-2/h15-19,21,42-43H,6-14,20,22-41H2,1-5H3/b17-15+,18-16+,21-19+. The molecule has 0 spiro atoms. The Hall–Kier alpha value is -2.45. The van der Waals surface area contributed by atoms with E-state index in [2.05, 4.69) is 50.3 Å². The summed E-state index contributed by atoms with van der Waals surface area (Å²) >= 11 is 0. The number of carbonyl (C=O) groups is 3. The fourth-order valence-electron chi connectivity index (χ4n) is 6.29. The average molecular weight is 762 g/mol. The van der Waals surface area contributed by atoms with Crippen molar-refractivity contribution in [3.05, 3.63) is 36.5 Å². The van der Waals surface area contributed by atoms with Gasteiger partial charge < -0.3 is 28.6 Å². The van der Waals surface area contributed by atoms with Crippen molar-refractivity contribution in [1.29, 1.82) is 0 Å². The van der Waals surface area contributed by atoms with E-state index in [1.165, 1.54) is 96.3 Å². The molecular formula is C46H83NO7. The molecule has 0 aliphatic carbocycles. The van der Waals surface area contributed by atoms with E-state index in [9.17, 15) is 19.5 Å². The number of allylic oxidation sites excluding steroid dienone is 6. The van der Waals surface area contributed by atoms with E-state index < -0.39 is 18.1 Å². The van der Waals surface area contributed by atoms with Crippen LogP contribution >= 0.6 is 0 Å². The highest BCUT2D eigenvalue weighted by atomic mass is 16.6. The number of rotatable bonds is 39. The van der Waals surface area contributed by atoms with E-state index >= 15 is 0 Å². The Morgan fingerprint density at radius 3 is 1.48 bits per heavy atom. The third-order valence-corrected chi connectivity index (χ3v) is 9.78. The minimum absolute atomic E-state index is 0.0355. The summed E-state index contributed by atoms with van der Waals surface area (Å²) in [6.07, 6.45) is 41.6. The van der Waals surface area contributed by atoms with Gasteiger partial charge in [-0.3, -0.25) is 9.59 Å². The maximum absolute atomic E-state index is 12.7. The van der Waals surface area contributed by atoms with Crippen LogP contribution in [0.5, 0.6) is 0 Å². The first-order valence-corrected chi connectivity index (χ1v) is 22.0. The van der Waals surface area contributed by atoms with Crippen LogP contribution in [0.15, 0.2) is 36.5 Å². The summed E-state index contributed by atoms with van der Waals surface area (Å²) in [4.78, 5) is 36.8. The molecule has 0 amide bonds. The van der Waals surface area contributed by atoms with Gasteiger partial charge in [-0.25, -0.2) is 0 Å². The minimum Gasteiger partial charge on any atom is -0.544 e. The van der Waals surface area contributed by atoms with Gasteiger partial charge in [0, 0.05) is 19.3 Å². The number of carboxylic acid groups (broad SMARTS) is 1. The lowest BCUT2D eigenvalue weighted by atomic mass is 10.1. The van der Waals surface area contributed by atoms with Gasteiger partial charge in [0.25, 0.3) is 0 Å². The van der Waals surface area contributed by atoms with E-state index in [1.807, 2.05) is 0 Å². The third-order valence-electron chi connectivity index (χ3n) is 9.78. The number of likely N-dealkylation sites (N-methyl/N-ethyl adjacent to an activating group) is 1. The van der Waals surface area contributed by atoms with Crippen molar-refractivity contribution in [3.8, 4) is 0 Å². The van der Waals surface area contributed by atoms with Gasteiger partial charge in [0.15, 0.2) is 6.10 Å². The van der Waals surface area contributed by atoms with Crippen molar-refractivity contribution >= 4 is 17.9 Å². The molecule has 0 aliphatic rings. The third kappa shape index (κ3) is 35.3. The van der Waals surface area contributed by atoms with Crippen LogP contribution in [0, 0.1) is 0 Å². The summed E-state index contributed by atoms with van der Waals surface area (Å²) in [5.74, 6) is -1.75. The Morgan fingerprint density at radius 2 is 0.981 bits per heavy atom. The lowest BCUT2D eigenvalue weighted by Gasteiger charge is -2.34. The van der Waals surface area contributed by atoms with Crippen molar-refractivity contribution in [1.82, 2.24) is 0 Å². The molecule has 314 valence electrons. The molecule has 0 aromatic carbocycles. The first-order chi connectivity index (χ1) is 26.1. The monoisotopic (exact) mass is 762 g/mol. The molecule has 8 nitrogen and oxygen atoms in total. The van der Waals surface area contributed by atoms with Gasteiger partial charge in [0.1, 0.15) is 12.6 Å². The topological polar surface area (TPSA) is 102 Å². The lowest BCUT2D eigenvalue weighted by Crippen LogP contribution is -2.55. The van der Waals surface area contributed by atoms with Gasteiger partial charge in [-0.1, -0.05) is 140 Å². The summed E-state index contributed by atoms with van der Waals surface area (Å²) in [7, 11) is 5.40. The number of esters is 2. The Balaban J connectivity index is 4.37. The fourth-order valence-corrected chi connectivity index (χ4v) is 6.29. The number of hydrogen-bond donors (Lipinski definition) is 0. The minimum atomic E-state index is -1.13. The molecule has 0 bridgehead atoms. The first-order valence-electron chi connectivity index (χ1n) is 22.0. The number of nitrogens with zero attached hydrogens (tertiary/aromatic N) is 1. The van der Waals surface area contributed by atoms with E-state index in [0.29, 0.717) is 12.8 Å². The number of unbranched alkanes of at least 4 members (excludes halogenated alkanes) is 20. The number of ether oxygens (including phenoxy) is 3. The molecular weight excluding hydrogens is 679 g/mol. The Morgan fingerprint density at radius 1 is 0.556 bits per heavy atom. The van der Waals surface area contributed by atoms with Crippen LogP contribution in [0.25, 0.3) is 0 Å². The van der Waals surface area contributed by atoms with Crippen LogP contribution in [0.3, 0.4) is 0 Å². The maximum Gasteiger partial charge on any atom is 0.306 e. The maximum atomic E-state index is 12.7. The summed E-state index contributed by atoms with van der Waals surface area (Å²) in [6, 6.07) is -0.727. The normalized spacial score (nSPS) is 13.3. The zero-order valence-electron chi connectivity index (χ0n) is 35.6. The van der Waals surface area contributed by atoms with E-state index in [4.69, 9.17) is 14.2 Å². The molecule has 0 N–H and O–H groups in total. The molecule has 54 heavy (non-hydrogen) atoms. The van der Waals surface area contributed by atoms with Crippen LogP contribution in [0.1, 0.15) is 187 Å². The van der Waals surface area contributed by atoms with Gasteiger partial charge in [-0.2, -0.15) is 0 Å². The van der Waals surface area contributed by atoms with Gasteiger partial charge >= 0.3 is 11.9 Å². The zero-order valence-corrected chi connectivity index (χ0v) is 35.6. The second kappa shape index (κ2) is 37.5. The molecule has 0 aromatic rings. The fraction of sp³-hybridized carbons (Fsp3) is 0.804. The van der Waals surface area contributed by atoms with E-state index in [1.54, 1.807) is 21.1 Å². The molecule has 0 saturated heterocycles. The number of aliphatic carboxylic acids is 1. The molecule has 0 heterocycles. The summed E-state index contributed by atoms with van der Waals surface area (Å²) in [6.45, 7) is 4.60. The highest BCUT2D eigenvalue weighted by Gasteiger charge is 2.25. The van der Waals surface area contributed by atoms with Crippen LogP contribution in [0.4, 0.5) is 0 Å². The van der Waals surface area contributed by atoms with Crippen LogP contribution < -0.4 is 5.11 Å². The number of carbonyl (C=O) groups excluding carboxylic acids is 3. The Labute approximate surface area is 332 Å². The van der Waals surface area contributed by atoms with Gasteiger partial charge in [0.05, 0.1) is 40.3 Å². The molecule has 0 saturated carbocycles. The van der Waals surface area contributed by atoms with E-state index in [-0.39, 0.29) is 42.7 Å². The zero-order chi connectivity index (χ0) is 40.0. The predicted molar refractivity (Wildman–Crippen MR) is 222 cm³/mol. The van der Waals surface area contributed by atoms with Gasteiger partial charge in [-0.05, 0) is 64.2 Å². The number of hydrogen-bond acceptors (Lipinski definition) is 7. The molecule has 0 aliphatic heterocycles. The van der Waals surface area contributed by atoms with Crippen LogP contribution in [-0.2, 0) is 28.6 Å². The molecule has 0 rings (SSSR count). The molecule has 0 aromatic heterocycles. The Kier molecular flexibility index (Phi) is 35.8. The summed E-state index contributed by atoms with van der Waals surface area (Å²) < 4.78 is 17.1. The summed E-state index contributed by atoms with van der Waals surface area (Å²) in [5.41, 5.74) is 0. The summed E-state index contributed by atoms with van der Waals surface area (Å²) in [5, 5.41) is 11.6. The molecule has 0 radical (unpaired) electrons. The highest BCUT2D eigenvalue weighted by molar-refractivity contribution is 5.70. The van der Waals surface area contributed by atoms with Crippen molar-refractivity contribution in [3.63, 3.8) is 0 Å². The van der Waals surface area contributed by atoms with Crippen molar-refractivity contribution < 1.29 is 38.2 Å². The van der Waals surface area contributed by atoms with Gasteiger partial charge in [-0.15, -0.1) is 0 Å². The van der Waals surface area contributed by atoms with Crippen molar-refractivity contribution in [2.45, 2.75) is 199 Å². The van der Waals surface area contributed by atoms with E-state index in [0.717, 1.165) is 57.8 Å². The van der Waals surface area contributed by atoms with Crippen LogP contribution in [-0.4, -0.2) is 75.5 Å². The van der Waals surface area contributed by atoms with Crippen LogP contribution in [0.2, 0.25) is 0 Å². The number of carboxylic acids is 1. The lowest BCUT2D eigenvalue weighted by molar-refractivity contribution is -0.889. The SMILES string of the molecule is CCCCC/C=C/C=C/CCCCCCCCC(=O)OC(COCCC(C(=O)[O-])[N+](C)(C)C)COC(=O)CCCCCCCCC/C=C/CCCCCC. The molecule has 2 atom stereocenters. The second-order valence-electron chi connectivity index (χ2n) is 16.0. The van der Waals surface area contributed by atoms with Gasteiger partial charge in [0.2, 0.25) is 0 Å². The smallest absolute Gasteiger partial charge is 0.306 e. The Bertz CT molecular complexity index is 984. The quantitative estimate of drug-likeness (QED) is 0.0202. The molecule has 2 unspecified atom stereocenters. The first kappa shape index (κ1) is 51.5. The van der Waals surface area contributed by atoms with Crippen molar-refractivity contribution in [2.75, 3.05) is 41.0 Å². The molecule has 8 heteroatoms. The van der Waals surface area contributed by atoms with Crippen molar-refractivity contribution in [2.24, 2.45) is 0 Å². The molecule has 0 fully saturated rings. The predicted octanol–water partition coefficient (Wildman–Crippen LogP) is 10.5. The second-order valence-corrected chi connectivity index (χ2v) is 16.0.